The number of nitro groups is 1. The number of anilines is 1. The first-order valence-corrected chi connectivity index (χ1v) is 5.12. The summed E-state index contributed by atoms with van der Waals surface area (Å²) in [6.45, 7) is 0. The van der Waals surface area contributed by atoms with Gasteiger partial charge in [0.25, 0.3) is 11.6 Å². The number of amides is 1. The number of carbonyl (C=O) groups is 1. The van der Waals surface area contributed by atoms with Gasteiger partial charge in [-0.3, -0.25) is 19.9 Å². The van der Waals surface area contributed by atoms with Crippen LogP contribution in [-0.2, 0) is 0 Å². The minimum atomic E-state index is -0.564. The highest BCUT2D eigenvalue weighted by Gasteiger charge is 2.09. The van der Waals surface area contributed by atoms with Gasteiger partial charge in [-0.25, -0.2) is 0 Å². The van der Waals surface area contributed by atoms with E-state index in [-0.39, 0.29) is 17.3 Å². The summed E-state index contributed by atoms with van der Waals surface area (Å²) < 4.78 is 0. The van der Waals surface area contributed by atoms with Gasteiger partial charge in [0.05, 0.1) is 16.8 Å². The molecule has 0 radical (unpaired) electrons. The first kappa shape index (κ1) is 11.7. The molecule has 2 aromatic rings. The highest BCUT2D eigenvalue weighted by atomic mass is 16.6. The molecule has 1 amide bonds. The van der Waals surface area contributed by atoms with E-state index in [1.54, 1.807) is 30.3 Å². The van der Waals surface area contributed by atoms with Crippen LogP contribution in [0.3, 0.4) is 0 Å². The lowest BCUT2D eigenvalue weighted by atomic mass is 10.2. The first-order chi connectivity index (χ1) is 8.66. The molecule has 1 aromatic carbocycles. The summed E-state index contributed by atoms with van der Waals surface area (Å²) in [5.74, 6) is -0.335. The molecule has 0 aliphatic rings. The first-order valence-electron chi connectivity index (χ1n) is 5.12. The van der Waals surface area contributed by atoms with Crippen LogP contribution in [0.15, 0.2) is 48.8 Å². The molecule has 0 saturated heterocycles. The van der Waals surface area contributed by atoms with Crippen molar-refractivity contribution in [1.82, 2.24) is 4.98 Å². The molecule has 1 N–H and O–H groups in total. The van der Waals surface area contributed by atoms with Crippen molar-refractivity contribution in [2.75, 3.05) is 5.32 Å². The Labute approximate surface area is 102 Å². The van der Waals surface area contributed by atoms with Gasteiger partial charge in [0.15, 0.2) is 0 Å². The maximum absolute atomic E-state index is 11.8. The van der Waals surface area contributed by atoms with Crippen molar-refractivity contribution in [2.24, 2.45) is 0 Å². The zero-order valence-electron chi connectivity index (χ0n) is 9.24. The van der Waals surface area contributed by atoms with E-state index in [2.05, 4.69) is 10.3 Å². The van der Waals surface area contributed by atoms with E-state index >= 15 is 0 Å². The monoisotopic (exact) mass is 243 g/mol. The number of aromatic nitrogens is 1. The maximum atomic E-state index is 11.8. The summed E-state index contributed by atoms with van der Waals surface area (Å²) in [5, 5.41) is 13.1. The molecule has 6 nitrogen and oxygen atoms in total. The van der Waals surface area contributed by atoms with Crippen molar-refractivity contribution in [3.05, 3.63) is 64.5 Å². The van der Waals surface area contributed by atoms with Crippen molar-refractivity contribution in [2.45, 2.75) is 0 Å². The molecule has 18 heavy (non-hydrogen) atoms. The van der Waals surface area contributed by atoms with E-state index in [1.165, 1.54) is 12.3 Å². The number of hydrogen-bond donors (Lipinski definition) is 1. The van der Waals surface area contributed by atoms with Gasteiger partial charge in [0.2, 0.25) is 0 Å². The van der Waals surface area contributed by atoms with Crippen LogP contribution in [0, 0.1) is 10.1 Å². The van der Waals surface area contributed by atoms with Crippen molar-refractivity contribution in [3.63, 3.8) is 0 Å². The Morgan fingerprint density at radius 3 is 2.61 bits per heavy atom. The van der Waals surface area contributed by atoms with Gasteiger partial charge in [0.1, 0.15) is 6.20 Å². The SMILES string of the molecule is O=C(Nc1cncc([N+](=O)[O-])c1)c1ccccc1. The van der Waals surface area contributed by atoms with Crippen molar-refractivity contribution in [3.8, 4) is 0 Å². The number of carbonyl (C=O) groups excluding carboxylic acids is 1. The molecular formula is C12H9N3O3. The average molecular weight is 243 g/mol. The number of nitrogens with one attached hydrogen (secondary N) is 1. The smallest absolute Gasteiger partial charge is 0.289 e. The minimum Gasteiger partial charge on any atom is -0.320 e. The van der Waals surface area contributed by atoms with Crippen molar-refractivity contribution in [1.29, 1.82) is 0 Å². The second-order valence-electron chi connectivity index (χ2n) is 3.51. The molecule has 0 saturated carbocycles. The second-order valence-corrected chi connectivity index (χ2v) is 3.51. The van der Waals surface area contributed by atoms with E-state index in [0.29, 0.717) is 5.56 Å². The molecule has 1 aromatic heterocycles. The number of pyridine rings is 1. The Morgan fingerprint density at radius 1 is 1.22 bits per heavy atom. The predicted molar refractivity (Wildman–Crippen MR) is 65.3 cm³/mol. The zero-order valence-corrected chi connectivity index (χ0v) is 9.24. The molecular weight excluding hydrogens is 234 g/mol. The Hall–Kier alpha value is -2.76. The third kappa shape index (κ3) is 2.67. The van der Waals surface area contributed by atoms with E-state index in [1.807, 2.05) is 0 Å². The molecule has 0 atom stereocenters. The molecule has 0 spiro atoms. The van der Waals surface area contributed by atoms with Gasteiger partial charge in [-0.1, -0.05) is 18.2 Å². The van der Waals surface area contributed by atoms with Gasteiger partial charge < -0.3 is 5.32 Å². The van der Waals surface area contributed by atoms with E-state index < -0.39 is 4.92 Å². The van der Waals surface area contributed by atoms with Crippen LogP contribution in [0.25, 0.3) is 0 Å². The quantitative estimate of drug-likeness (QED) is 0.661. The Bertz CT molecular complexity index is 584. The normalized spacial score (nSPS) is 9.78. The predicted octanol–water partition coefficient (Wildman–Crippen LogP) is 2.24. The third-order valence-electron chi connectivity index (χ3n) is 2.23. The molecule has 90 valence electrons. The topological polar surface area (TPSA) is 85.1 Å². The highest BCUT2D eigenvalue weighted by molar-refractivity contribution is 6.04. The van der Waals surface area contributed by atoms with Crippen LogP contribution < -0.4 is 5.32 Å². The second kappa shape index (κ2) is 5.05. The van der Waals surface area contributed by atoms with Gasteiger partial charge in [-0.2, -0.15) is 0 Å². The Balaban J connectivity index is 2.17. The maximum Gasteiger partial charge on any atom is 0.289 e. The molecule has 2 rings (SSSR count). The van der Waals surface area contributed by atoms with Crippen LogP contribution in [0.4, 0.5) is 11.4 Å². The number of hydrogen-bond acceptors (Lipinski definition) is 4. The standard InChI is InChI=1S/C12H9N3O3/c16-12(9-4-2-1-3-5-9)14-10-6-11(15(17)18)8-13-7-10/h1-8H,(H,14,16). The van der Waals surface area contributed by atoms with Crippen molar-refractivity contribution >= 4 is 17.3 Å². The van der Waals surface area contributed by atoms with Gasteiger partial charge in [0, 0.05) is 11.6 Å². The van der Waals surface area contributed by atoms with Crippen LogP contribution in [0.5, 0.6) is 0 Å². The molecule has 0 unspecified atom stereocenters. The van der Waals surface area contributed by atoms with E-state index in [0.717, 1.165) is 6.20 Å². The largest absolute Gasteiger partial charge is 0.320 e. The summed E-state index contributed by atoms with van der Waals surface area (Å²) >= 11 is 0. The fourth-order valence-corrected chi connectivity index (χ4v) is 1.39. The van der Waals surface area contributed by atoms with Crippen LogP contribution in [-0.4, -0.2) is 15.8 Å². The third-order valence-corrected chi connectivity index (χ3v) is 2.23. The summed E-state index contributed by atoms with van der Waals surface area (Å²) in [4.78, 5) is 25.5. The van der Waals surface area contributed by atoms with Crippen molar-refractivity contribution < 1.29 is 9.72 Å². The minimum absolute atomic E-state index is 0.166. The lowest BCUT2D eigenvalue weighted by Crippen LogP contribution is -2.11. The highest BCUT2D eigenvalue weighted by Crippen LogP contribution is 2.15. The summed E-state index contributed by atoms with van der Waals surface area (Å²) in [5.41, 5.74) is 0.600. The van der Waals surface area contributed by atoms with Crippen LogP contribution in [0.2, 0.25) is 0 Å². The van der Waals surface area contributed by atoms with Gasteiger partial charge >= 0.3 is 0 Å². The number of benzene rings is 1. The van der Waals surface area contributed by atoms with Crippen LogP contribution in [0.1, 0.15) is 10.4 Å². The van der Waals surface area contributed by atoms with Crippen LogP contribution >= 0.6 is 0 Å². The Morgan fingerprint density at radius 2 is 1.94 bits per heavy atom. The Kier molecular flexibility index (Phi) is 3.29. The molecule has 1 heterocycles. The molecule has 0 aliphatic heterocycles. The number of nitrogens with zero attached hydrogens (tertiary/aromatic N) is 2. The molecule has 0 fully saturated rings. The van der Waals surface area contributed by atoms with Gasteiger partial charge in [-0.05, 0) is 12.1 Å². The fourth-order valence-electron chi connectivity index (χ4n) is 1.39. The fraction of sp³-hybridized carbons (Fsp3) is 0. The zero-order chi connectivity index (χ0) is 13.0. The molecule has 0 aliphatic carbocycles. The lowest BCUT2D eigenvalue weighted by Gasteiger charge is -2.04. The summed E-state index contributed by atoms with van der Waals surface area (Å²) in [6.07, 6.45) is 2.48. The average Bonchev–Trinajstić information content (AvgIpc) is 2.40. The molecule has 6 heteroatoms. The van der Waals surface area contributed by atoms with Gasteiger partial charge in [-0.15, -0.1) is 0 Å². The summed E-state index contributed by atoms with van der Waals surface area (Å²) in [6, 6.07) is 9.83. The molecule has 0 bridgehead atoms. The number of rotatable bonds is 3. The lowest BCUT2D eigenvalue weighted by molar-refractivity contribution is -0.385. The van der Waals surface area contributed by atoms with E-state index in [4.69, 9.17) is 0 Å². The van der Waals surface area contributed by atoms with E-state index in [9.17, 15) is 14.9 Å². The summed E-state index contributed by atoms with van der Waals surface area (Å²) in [7, 11) is 0.